The molecular formula is C7H11N5O2. The number of carbonyl (C=O) groups is 1. The number of carboxylic acids is 1. The predicted octanol–water partition coefficient (Wildman–Crippen LogP) is -1.14. The molecule has 0 fully saturated rings. The number of aliphatic carboxylic acids is 1. The van der Waals surface area contributed by atoms with Crippen molar-refractivity contribution >= 4 is 11.9 Å². The number of anilines is 1. The highest BCUT2D eigenvalue weighted by atomic mass is 16.4. The second kappa shape index (κ2) is 3.26. The first-order chi connectivity index (χ1) is 6.70. The topological polar surface area (TPSA) is 106 Å². The molecule has 7 heteroatoms. The lowest BCUT2D eigenvalue weighted by Crippen LogP contribution is -2.33. The van der Waals surface area contributed by atoms with Crippen LogP contribution in [-0.2, 0) is 17.9 Å². The monoisotopic (exact) mass is 197 g/mol. The highest BCUT2D eigenvalue weighted by Crippen LogP contribution is 2.15. The van der Waals surface area contributed by atoms with Crippen LogP contribution in [0.15, 0.2) is 0 Å². The minimum absolute atomic E-state index is 0.263. The van der Waals surface area contributed by atoms with E-state index < -0.39 is 11.9 Å². The van der Waals surface area contributed by atoms with E-state index in [0.717, 1.165) is 0 Å². The van der Waals surface area contributed by atoms with Crippen LogP contribution in [0.25, 0.3) is 0 Å². The molecule has 0 saturated heterocycles. The van der Waals surface area contributed by atoms with Gasteiger partial charge in [0.05, 0.1) is 19.0 Å². The predicted molar refractivity (Wildman–Crippen MR) is 47.5 cm³/mol. The summed E-state index contributed by atoms with van der Waals surface area (Å²) in [4.78, 5) is 14.8. The van der Waals surface area contributed by atoms with Crippen molar-refractivity contribution in [1.29, 1.82) is 0 Å². The average Bonchev–Trinajstić information content (AvgIpc) is 2.58. The SMILES string of the molecule is NCc1nc2n(n1)CC(C(=O)O)CN2. The zero-order chi connectivity index (χ0) is 10.1. The quantitative estimate of drug-likeness (QED) is 0.553. The molecule has 0 radical (unpaired) electrons. The molecule has 1 aliphatic heterocycles. The maximum Gasteiger partial charge on any atom is 0.310 e. The Labute approximate surface area is 79.9 Å². The first-order valence-electron chi connectivity index (χ1n) is 4.31. The van der Waals surface area contributed by atoms with Crippen LogP contribution in [0.3, 0.4) is 0 Å². The standard InChI is InChI=1S/C7H11N5O2/c8-1-5-10-7-9-2-4(6(13)14)3-12(7)11-5/h4H,1-3,8H2,(H,13,14)(H,9,10,11). The van der Waals surface area contributed by atoms with Gasteiger partial charge in [-0.05, 0) is 0 Å². The Morgan fingerprint density at radius 3 is 3.21 bits per heavy atom. The summed E-state index contributed by atoms with van der Waals surface area (Å²) in [5.41, 5.74) is 5.37. The lowest BCUT2D eigenvalue weighted by Gasteiger charge is -2.19. The fourth-order valence-electron chi connectivity index (χ4n) is 1.39. The molecule has 1 atom stereocenters. The Kier molecular flexibility index (Phi) is 2.08. The van der Waals surface area contributed by atoms with Gasteiger partial charge < -0.3 is 16.2 Å². The number of nitrogens with two attached hydrogens (primary N) is 1. The van der Waals surface area contributed by atoms with Crippen LogP contribution < -0.4 is 11.1 Å². The first-order valence-corrected chi connectivity index (χ1v) is 4.31. The number of rotatable bonds is 2. The van der Waals surface area contributed by atoms with E-state index in [1.165, 1.54) is 0 Å². The lowest BCUT2D eigenvalue weighted by molar-refractivity contribution is -0.141. The van der Waals surface area contributed by atoms with E-state index in [4.69, 9.17) is 10.8 Å². The van der Waals surface area contributed by atoms with E-state index in [-0.39, 0.29) is 6.54 Å². The van der Waals surface area contributed by atoms with Gasteiger partial charge in [-0.2, -0.15) is 10.1 Å². The number of nitrogens with one attached hydrogen (secondary N) is 1. The molecule has 0 saturated carbocycles. The molecule has 7 nitrogen and oxygen atoms in total. The molecule has 2 heterocycles. The van der Waals surface area contributed by atoms with E-state index in [2.05, 4.69) is 15.4 Å². The first kappa shape index (κ1) is 8.95. The number of nitrogens with zero attached hydrogens (tertiary/aromatic N) is 3. The van der Waals surface area contributed by atoms with E-state index in [1.54, 1.807) is 4.68 Å². The molecule has 4 N–H and O–H groups in total. The molecule has 0 bridgehead atoms. The summed E-state index contributed by atoms with van der Waals surface area (Å²) in [6, 6.07) is 0. The third kappa shape index (κ3) is 1.41. The molecule has 1 aliphatic rings. The van der Waals surface area contributed by atoms with Crippen molar-refractivity contribution in [2.45, 2.75) is 13.1 Å². The van der Waals surface area contributed by atoms with Crippen LogP contribution >= 0.6 is 0 Å². The largest absolute Gasteiger partial charge is 0.481 e. The summed E-state index contributed by atoms with van der Waals surface area (Å²) >= 11 is 0. The summed E-state index contributed by atoms with van der Waals surface area (Å²) in [5.74, 6) is -0.149. The Morgan fingerprint density at radius 2 is 2.57 bits per heavy atom. The summed E-state index contributed by atoms with van der Waals surface area (Å²) in [6.07, 6.45) is 0. The van der Waals surface area contributed by atoms with Gasteiger partial charge in [0.2, 0.25) is 5.95 Å². The maximum absolute atomic E-state index is 10.7. The van der Waals surface area contributed by atoms with Gasteiger partial charge in [-0.3, -0.25) is 4.79 Å². The van der Waals surface area contributed by atoms with Crippen LogP contribution in [0.5, 0.6) is 0 Å². The van der Waals surface area contributed by atoms with Gasteiger partial charge in [-0.1, -0.05) is 0 Å². The van der Waals surface area contributed by atoms with Crippen LogP contribution in [0.1, 0.15) is 5.82 Å². The van der Waals surface area contributed by atoms with Crippen molar-refractivity contribution in [3.05, 3.63) is 5.82 Å². The van der Waals surface area contributed by atoms with Crippen molar-refractivity contribution in [3.8, 4) is 0 Å². The molecular weight excluding hydrogens is 186 g/mol. The molecule has 2 rings (SSSR count). The molecule has 14 heavy (non-hydrogen) atoms. The van der Waals surface area contributed by atoms with E-state index in [9.17, 15) is 4.79 Å². The van der Waals surface area contributed by atoms with Gasteiger partial charge in [0.1, 0.15) is 0 Å². The summed E-state index contributed by atoms with van der Waals surface area (Å²) < 4.78 is 1.55. The highest BCUT2D eigenvalue weighted by Gasteiger charge is 2.25. The molecule has 0 amide bonds. The Bertz CT molecular complexity index is 361. The molecule has 0 spiro atoms. The van der Waals surface area contributed by atoms with E-state index in [0.29, 0.717) is 24.9 Å². The molecule has 1 aromatic rings. The van der Waals surface area contributed by atoms with E-state index in [1.807, 2.05) is 0 Å². The summed E-state index contributed by atoms with van der Waals surface area (Å²) in [6.45, 7) is 1.00. The molecule has 76 valence electrons. The smallest absolute Gasteiger partial charge is 0.310 e. The maximum atomic E-state index is 10.7. The second-order valence-electron chi connectivity index (χ2n) is 3.15. The molecule has 1 aromatic heterocycles. The lowest BCUT2D eigenvalue weighted by atomic mass is 10.1. The minimum Gasteiger partial charge on any atom is -0.481 e. The Hall–Kier alpha value is -1.63. The zero-order valence-corrected chi connectivity index (χ0v) is 7.47. The van der Waals surface area contributed by atoms with Crippen molar-refractivity contribution in [3.63, 3.8) is 0 Å². The number of fused-ring (bicyclic) bond motifs is 1. The molecule has 0 aromatic carbocycles. The van der Waals surface area contributed by atoms with Gasteiger partial charge in [-0.25, -0.2) is 4.68 Å². The van der Waals surface area contributed by atoms with Crippen molar-refractivity contribution in [2.75, 3.05) is 11.9 Å². The third-order valence-corrected chi connectivity index (χ3v) is 2.15. The van der Waals surface area contributed by atoms with Crippen molar-refractivity contribution in [2.24, 2.45) is 11.7 Å². The minimum atomic E-state index is -0.826. The van der Waals surface area contributed by atoms with Crippen LogP contribution in [0, 0.1) is 5.92 Å². The zero-order valence-electron chi connectivity index (χ0n) is 7.47. The summed E-state index contributed by atoms with van der Waals surface area (Å²) in [7, 11) is 0. The number of hydrogen-bond donors (Lipinski definition) is 3. The second-order valence-corrected chi connectivity index (χ2v) is 3.15. The number of aromatic nitrogens is 3. The average molecular weight is 197 g/mol. The van der Waals surface area contributed by atoms with Crippen molar-refractivity contribution < 1.29 is 9.90 Å². The third-order valence-electron chi connectivity index (χ3n) is 2.15. The highest BCUT2D eigenvalue weighted by molar-refractivity contribution is 5.71. The van der Waals surface area contributed by atoms with Gasteiger partial charge in [0.15, 0.2) is 5.82 Å². The van der Waals surface area contributed by atoms with Crippen LogP contribution in [-0.4, -0.2) is 32.4 Å². The number of carboxylic acid groups (broad SMARTS) is 1. The van der Waals surface area contributed by atoms with Gasteiger partial charge in [0, 0.05) is 6.54 Å². The van der Waals surface area contributed by atoms with E-state index >= 15 is 0 Å². The fourth-order valence-corrected chi connectivity index (χ4v) is 1.39. The van der Waals surface area contributed by atoms with Gasteiger partial charge >= 0.3 is 5.97 Å². The molecule has 0 aliphatic carbocycles. The normalized spacial score (nSPS) is 19.9. The number of hydrogen-bond acceptors (Lipinski definition) is 5. The molecule has 1 unspecified atom stereocenters. The van der Waals surface area contributed by atoms with Crippen molar-refractivity contribution in [1.82, 2.24) is 14.8 Å². The fraction of sp³-hybridized carbons (Fsp3) is 0.571. The Morgan fingerprint density at radius 1 is 1.79 bits per heavy atom. The van der Waals surface area contributed by atoms with Crippen LogP contribution in [0.4, 0.5) is 5.95 Å². The van der Waals surface area contributed by atoms with Gasteiger partial charge in [-0.15, -0.1) is 0 Å². The Balaban J connectivity index is 2.21. The summed E-state index contributed by atoms with van der Waals surface area (Å²) in [5, 5.41) is 15.8. The van der Waals surface area contributed by atoms with Crippen LogP contribution in [0.2, 0.25) is 0 Å². The van der Waals surface area contributed by atoms with Gasteiger partial charge in [0.25, 0.3) is 0 Å².